The van der Waals surface area contributed by atoms with Crippen LogP contribution in [-0.2, 0) is 6.54 Å². The first-order valence-electron chi connectivity index (χ1n) is 7.49. The molecule has 0 fully saturated rings. The third-order valence-corrected chi connectivity index (χ3v) is 3.80. The molecule has 2 aromatic rings. The van der Waals surface area contributed by atoms with Crippen LogP contribution in [0.25, 0.3) is 11.1 Å². The topological polar surface area (TPSA) is 24.9 Å². The molecule has 1 heterocycles. The molecule has 0 aliphatic carbocycles. The van der Waals surface area contributed by atoms with Gasteiger partial charge in [0, 0.05) is 24.5 Å². The lowest BCUT2D eigenvalue weighted by atomic mass is 9.96. The van der Waals surface area contributed by atoms with Crippen molar-refractivity contribution in [2.45, 2.75) is 39.7 Å². The van der Waals surface area contributed by atoms with Crippen molar-refractivity contribution in [3.63, 3.8) is 0 Å². The highest BCUT2D eigenvalue weighted by Crippen LogP contribution is 2.24. The Morgan fingerprint density at radius 3 is 2.45 bits per heavy atom. The van der Waals surface area contributed by atoms with E-state index in [1.807, 2.05) is 12.4 Å². The summed E-state index contributed by atoms with van der Waals surface area (Å²) in [6.07, 6.45) is 5.05. The van der Waals surface area contributed by atoms with Gasteiger partial charge in [-0.1, -0.05) is 45.0 Å². The molecule has 0 saturated carbocycles. The average molecular weight is 268 g/mol. The maximum absolute atomic E-state index is 4.35. The predicted molar refractivity (Wildman–Crippen MR) is 85.8 cm³/mol. The summed E-state index contributed by atoms with van der Waals surface area (Å²) in [5.74, 6) is 0.627. The monoisotopic (exact) mass is 268 g/mol. The molecule has 0 spiro atoms. The number of hydrogen-bond acceptors (Lipinski definition) is 2. The van der Waals surface area contributed by atoms with Gasteiger partial charge >= 0.3 is 0 Å². The summed E-state index contributed by atoms with van der Waals surface area (Å²) in [6.45, 7) is 8.47. The van der Waals surface area contributed by atoms with Crippen LogP contribution in [0.2, 0.25) is 0 Å². The van der Waals surface area contributed by atoms with E-state index in [1.165, 1.54) is 28.7 Å². The number of aromatic nitrogens is 1. The van der Waals surface area contributed by atoms with Crippen LogP contribution in [0, 0.1) is 0 Å². The predicted octanol–water partition coefficient (Wildman–Crippen LogP) is 4.37. The highest BCUT2D eigenvalue weighted by atomic mass is 14.8. The van der Waals surface area contributed by atoms with Gasteiger partial charge in [0.15, 0.2) is 0 Å². The SMILES string of the molecule is CCNCc1cncc(-c2ccc(C(C)CC)cc2)c1. The standard InChI is InChI=1S/C18H24N2/c1-4-14(3)16-6-8-17(9-7-16)18-10-15(11-19-5-2)12-20-13-18/h6-10,12-14,19H,4-5,11H2,1-3H3. The molecule has 106 valence electrons. The van der Waals surface area contributed by atoms with Gasteiger partial charge in [0.25, 0.3) is 0 Å². The minimum absolute atomic E-state index is 0.627. The molecule has 2 rings (SSSR count). The molecule has 0 aliphatic heterocycles. The van der Waals surface area contributed by atoms with E-state index in [1.54, 1.807) is 0 Å². The Labute approximate surface area is 122 Å². The molecule has 20 heavy (non-hydrogen) atoms. The molecule has 1 atom stereocenters. The summed E-state index contributed by atoms with van der Waals surface area (Å²) in [5, 5.41) is 3.33. The fourth-order valence-electron chi connectivity index (χ4n) is 2.25. The molecule has 1 aromatic heterocycles. The molecule has 2 nitrogen and oxygen atoms in total. The van der Waals surface area contributed by atoms with E-state index in [0.717, 1.165) is 13.1 Å². The Bertz CT molecular complexity index is 531. The molecular weight excluding hydrogens is 244 g/mol. The summed E-state index contributed by atoms with van der Waals surface area (Å²) in [7, 11) is 0. The van der Waals surface area contributed by atoms with Gasteiger partial charge in [-0.2, -0.15) is 0 Å². The zero-order chi connectivity index (χ0) is 14.4. The summed E-state index contributed by atoms with van der Waals surface area (Å²) < 4.78 is 0. The van der Waals surface area contributed by atoms with Crippen LogP contribution < -0.4 is 5.32 Å². The van der Waals surface area contributed by atoms with Crippen molar-refractivity contribution >= 4 is 0 Å². The molecule has 0 bridgehead atoms. The minimum Gasteiger partial charge on any atom is -0.313 e. The summed E-state index contributed by atoms with van der Waals surface area (Å²) in [6, 6.07) is 11.1. The van der Waals surface area contributed by atoms with Crippen LogP contribution in [0.1, 0.15) is 44.2 Å². The second-order valence-corrected chi connectivity index (χ2v) is 5.29. The molecule has 1 N–H and O–H groups in total. The smallest absolute Gasteiger partial charge is 0.0346 e. The first-order valence-corrected chi connectivity index (χ1v) is 7.49. The number of hydrogen-bond donors (Lipinski definition) is 1. The Morgan fingerprint density at radius 2 is 1.80 bits per heavy atom. The normalized spacial score (nSPS) is 12.3. The molecule has 0 saturated heterocycles. The molecule has 2 heteroatoms. The zero-order valence-corrected chi connectivity index (χ0v) is 12.7. The Hall–Kier alpha value is -1.67. The largest absolute Gasteiger partial charge is 0.313 e. The molecule has 0 radical (unpaired) electrons. The van der Waals surface area contributed by atoms with Gasteiger partial charge in [-0.15, -0.1) is 0 Å². The van der Waals surface area contributed by atoms with Gasteiger partial charge in [0.05, 0.1) is 0 Å². The van der Waals surface area contributed by atoms with E-state index >= 15 is 0 Å². The molecule has 1 aromatic carbocycles. The van der Waals surface area contributed by atoms with Crippen molar-refractivity contribution < 1.29 is 0 Å². The van der Waals surface area contributed by atoms with Crippen molar-refractivity contribution in [1.29, 1.82) is 0 Å². The van der Waals surface area contributed by atoms with Crippen molar-refractivity contribution in [2.24, 2.45) is 0 Å². The number of benzene rings is 1. The van der Waals surface area contributed by atoms with Crippen molar-refractivity contribution in [3.05, 3.63) is 53.9 Å². The average Bonchev–Trinajstić information content (AvgIpc) is 2.52. The summed E-state index contributed by atoms with van der Waals surface area (Å²) in [4.78, 5) is 4.35. The molecule has 1 unspecified atom stereocenters. The van der Waals surface area contributed by atoms with E-state index in [2.05, 4.69) is 61.4 Å². The quantitative estimate of drug-likeness (QED) is 0.841. The number of pyridine rings is 1. The summed E-state index contributed by atoms with van der Waals surface area (Å²) >= 11 is 0. The van der Waals surface area contributed by atoms with E-state index in [0.29, 0.717) is 5.92 Å². The number of rotatable bonds is 6. The molecular formula is C18H24N2. The highest BCUT2D eigenvalue weighted by molar-refractivity contribution is 5.63. The minimum atomic E-state index is 0.627. The Kier molecular flexibility index (Phi) is 5.31. The van der Waals surface area contributed by atoms with Crippen LogP contribution >= 0.6 is 0 Å². The van der Waals surface area contributed by atoms with Gasteiger partial charge in [-0.25, -0.2) is 0 Å². The maximum Gasteiger partial charge on any atom is 0.0346 e. The highest BCUT2D eigenvalue weighted by Gasteiger charge is 2.04. The van der Waals surface area contributed by atoms with Crippen LogP contribution in [0.3, 0.4) is 0 Å². The second kappa shape index (κ2) is 7.20. The Morgan fingerprint density at radius 1 is 1.05 bits per heavy atom. The lowest BCUT2D eigenvalue weighted by Crippen LogP contribution is -2.11. The maximum atomic E-state index is 4.35. The van der Waals surface area contributed by atoms with Crippen LogP contribution in [0.4, 0.5) is 0 Å². The fourth-order valence-corrected chi connectivity index (χ4v) is 2.25. The summed E-state index contributed by atoms with van der Waals surface area (Å²) in [5.41, 5.74) is 5.07. The van der Waals surface area contributed by atoms with Gasteiger partial charge in [-0.05, 0) is 41.6 Å². The zero-order valence-electron chi connectivity index (χ0n) is 12.7. The number of nitrogens with zero attached hydrogens (tertiary/aromatic N) is 1. The van der Waals surface area contributed by atoms with Crippen LogP contribution in [0.15, 0.2) is 42.7 Å². The fraction of sp³-hybridized carbons (Fsp3) is 0.389. The van der Waals surface area contributed by atoms with Crippen LogP contribution in [0.5, 0.6) is 0 Å². The van der Waals surface area contributed by atoms with Gasteiger partial charge < -0.3 is 5.32 Å². The second-order valence-electron chi connectivity index (χ2n) is 5.29. The van der Waals surface area contributed by atoms with Crippen molar-refractivity contribution in [2.75, 3.05) is 6.54 Å². The van der Waals surface area contributed by atoms with Crippen molar-refractivity contribution in [3.8, 4) is 11.1 Å². The lowest BCUT2D eigenvalue weighted by Gasteiger charge is -2.10. The van der Waals surface area contributed by atoms with E-state index in [4.69, 9.17) is 0 Å². The first kappa shape index (κ1) is 14.7. The van der Waals surface area contributed by atoms with Crippen LogP contribution in [-0.4, -0.2) is 11.5 Å². The lowest BCUT2D eigenvalue weighted by molar-refractivity contribution is 0.724. The van der Waals surface area contributed by atoms with E-state index in [-0.39, 0.29) is 0 Å². The third-order valence-electron chi connectivity index (χ3n) is 3.80. The molecule has 0 aliphatic rings. The van der Waals surface area contributed by atoms with E-state index < -0.39 is 0 Å². The van der Waals surface area contributed by atoms with Gasteiger partial charge in [0.1, 0.15) is 0 Å². The van der Waals surface area contributed by atoms with E-state index in [9.17, 15) is 0 Å². The molecule has 0 amide bonds. The Balaban J connectivity index is 2.18. The van der Waals surface area contributed by atoms with Gasteiger partial charge in [0.2, 0.25) is 0 Å². The van der Waals surface area contributed by atoms with Crippen molar-refractivity contribution in [1.82, 2.24) is 10.3 Å². The third kappa shape index (κ3) is 3.67. The first-order chi connectivity index (χ1) is 9.74. The number of nitrogens with one attached hydrogen (secondary N) is 1. The van der Waals surface area contributed by atoms with Gasteiger partial charge in [-0.3, -0.25) is 4.98 Å².